The van der Waals surface area contributed by atoms with Crippen molar-refractivity contribution in [3.05, 3.63) is 109 Å². The number of amides is 1. The third kappa shape index (κ3) is 37.7. The van der Waals surface area contributed by atoms with Gasteiger partial charge in [0.2, 0.25) is 5.91 Å². The second kappa shape index (κ2) is 49.2. The maximum absolute atomic E-state index is 13.3. The first-order valence-corrected chi connectivity index (χ1v) is 28.7. The number of hydrogen-bond donors (Lipinski definition) is 6. The molecule has 1 rings (SSSR count). The zero-order valence-corrected chi connectivity index (χ0v) is 45.7. The molecule has 6 N–H and O–H groups in total. The van der Waals surface area contributed by atoms with Gasteiger partial charge in [-0.15, -0.1) is 0 Å². The van der Waals surface area contributed by atoms with E-state index >= 15 is 0 Å². The Kier molecular flexibility index (Phi) is 45.4. The molecule has 8 atom stereocenters. The van der Waals surface area contributed by atoms with E-state index < -0.39 is 67.4 Å². The molecule has 73 heavy (non-hydrogen) atoms. The summed E-state index contributed by atoms with van der Waals surface area (Å²) >= 11 is 0. The van der Waals surface area contributed by atoms with Gasteiger partial charge in [-0.05, 0) is 89.9 Å². The third-order valence-electron chi connectivity index (χ3n) is 12.8. The van der Waals surface area contributed by atoms with Crippen LogP contribution in [0, 0.1) is 0 Å². The highest BCUT2D eigenvalue weighted by atomic mass is 16.7. The van der Waals surface area contributed by atoms with Crippen LogP contribution < -0.4 is 5.32 Å². The topological polar surface area (TPSA) is 175 Å². The summed E-state index contributed by atoms with van der Waals surface area (Å²) in [6, 6.07) is -1.05. The molecule has 0 aromatic heterocycles. The molecule has 0 aromatic rings. The molecule has 416 valence electrons. The van der Waals surface area contributed by atoms with Gasteiger partial charge in [-0.2, -0.15) is 0 Å². The number of aliphatic hydroxyl groups is 5. The number of rotatable bonds is 46. The maximum atomic E-state index is 13.3. The monoisotopic (exact) mass is 1020 g/mol. The summed E-state index contributed by atoms with van der Waals surface area (Å²) in [6.07, 6.45) is 55.7. The van der Waals surface area contributed by atoms with Crippen LogP contribution in [-0.2, 0) is 23.8 Å². The number of esters is 1. The number of carbonyl (C=O) groups excluding carboxylic acids is 2. The number of nitrogens with one attached hydrogen (secondary N) is 1. The summed E-state index contributed by atoms with van der Waals surface area (Å²) in [6.45, 7) is 5.54. The van der Waals surface area contributed by atoms with E-state index in [2.05, 4.69) is 80.8 Å². The first-order valence-electron chi connectivity index (χ1n) is 28.7. The average molecular weight is 1020 g/mol. The molecule has 1 amide bonds. The molecule has 1 saturated heterocycles. The lowest BCUT2D eigenvalue weighted by Crippen LogP contribution is -2.61. The van der Waals surface area contributed by atoms with Crippen LogP contribution in [0.1, 0.15) is 207 Å². The van der Waals surface area contributed by atoms with Gasteiger partial charge >= 0.3 is 5.97 Å². The van der Waals surface area contributed by atoms with Crippen LogP contribution in [0.3, 0.4) is 0 Å². The molecule has 0 spiro atoms. The van der Waals surface area contributed by atoms with Gasteiger partial charge in [0.05, 0.1) is 25.4 Å². The molecule has 0 aromatic carbocycles. The zero-order valence-electron chi connectivity index (χ0n) is 45.7. The third-order valence-corrected chi connectivity index (χ3v) is 12.8. The van der Waals surface area contributed by atoms with Crippen LogP contribution in [0.25, 0.3) is 0 Å². The van der Waals surface area contributed by atoms with Gasteiger partial charge in [0.25, 0.3) is 0 Å². The van der Waals surface area contributed by atoms with Crippen molar-refractivity contribution in [1.29, 1.82) is 0 Å². The Hall–Kier alpha value is -3.68. The fourth-order valence-corrected chi connectivity index (χ4v) is 8.17. The van der Waals surface area contributed by atoms with Gasteiger partial charge in [-0.25, -0.2) is 0 Å². The molecule has 1 fully saturated rings. The first kappa shape index (κ1) is 67.3. The Labute approximate surface area is 443 Å². The van der Waals surface area contributed by atoms with Crippen molar-refractivity contribution in [3.8, 4) is 0 Å². The van der Waals surface area contributed by atoms with Gasteiger partial charge in [0.1, 0.15) is 24.4 Å². The average Bonchev–Trinajstić information content (AvgIpc) is 3.39. The fraction of sp³-hybridized carbons (Fsp3) is 0.677. The standard InChI is InChI=1S/C62H103NO10/c1-4-7-10-13-16-19-22-24-25-26-27-28-29-30-31-32-35-38-41-44-47-50-57(67)73-60-59(69)58(68)56(51-64)72-62(60)71-52-53(54(65)48-45-42-39-36-33-21-18-15-12-9-6-3)63-61(70)55(66)49-46-43-40-37-34-23-20-17-14-11-8-5-2/h8,11,14,16-17,19-20,23-25,27-28,30-31,34,37,45,48,53-56,58-60,62,64-66,68-69H,4-7,9-10,12-13,15,18,21-22,26,29,32-33,35-36,38-44,46-47,49-52H2,1-3H3,(H,63,70)/b11-8+,17-14+,19-16-,23-20-,25-24-,28-27-,31-30-,37-34-,48-45+. The quantitative estimate of drug-likeness (QED) is 0.0149. The minimum atomic E-state index is -1.63. The van der Waals surface area contributed by atoms with Gasteiger partial charge in [0.15, 0.2) is 12.4 Å². The van der Waals surface area contributed by atoms with Crippen molar-refractivity contribution in [2.75, 3.05) is 13.2 Å². The minimum Gasteiger partial charge on any atom is -0.454 e. The van der Waals surface area contributed by atoms with E-state index in [1.807, 2.05) is 48.6 Å². The van der Waals surface area contributed by atoms with Crippen LogP contribution in [0.2, 0.25) is 0 Å². The normalized spacial score (nSPS) is 20.2. The van der Waals surface area contributed by atoms with E-state index in [0.29, 0.717) is 12.8 Å². The van der Waals surface area contributed by atoms with Gasteiger partial charge < -0.3 is 45.1 Å². The molecule has 0 bridgehead atoms. The number of hydrogen-bond acceptors (Lipinski definition) is 10. The van der Waals surface area contributed by atoms with Crippen molar-refractivity contribution >= 4 is 11.9 Å². The van der Waals surface area contributed by atoms with E-state index in [4.69, 9.17) is 14.2 Å². The highest BCUT2D eigenvalue weighted by Crippen LogP contribution is 2.26. The van der Waals surface area contributed by atoms with E-state index in [-0.39, 0.29) is 19.4 Å². The van der Waals surface area contributed by atoms with Gasteiger partial charge in [-0.1, -0.05) is 220 Å². The molecule has 11 heteroatoms. The van der Waals surface area contributed by atoms with E-state index in [1.54, 1.807) is 6.08 Å². The smallest absolute Gasteiger partial charge is 0.306 e. The number of aliphatic hydroxyl groups excluding tert-OH is 5. The number of unbranched alkanes of at least 4 members (excludes halogenated alkanes) is 19. The maximum Gasteiger partial charge on any atom is 0.306 e. The zero-order chi connectivity index (χ0) is 53.3. The second-order valence-corrected chi connectivity index (χ2v) is 19.4. The fourth-order valence-electron chi connectivity index (χ4n) is 8.17. The van der Waals surface area contributed by atoms with Crippen molar-refractivity contribution in [2.24, 2.45) is 0 Å². The van der Waals surface area contributed by atoms with E-state index in [0.717, 1.165) is 96.3 Å². The Morgan fingerprint density at radius 2 is 1.04 bits per heavy atom. The molecule has 0 saturated carbocycles. The Morgan fingerprint density at radius 1 is 0.562 bits per heavy atom. The second-order valence-electron chi connectivity index (χ2n) is 19.4. The number of carbonyl (C=O) groups is 2. The minimum absolute atomic E-state index is 0.0911. The van der Waals surface area contributed by atoms with Gasteiger partial charge in [-0.3, -0.25) is 9.59 Å². The van der Waals surface area contributed by atoms with Crippen LogP contribution in [-0.4, -0.2) is 99.6 Å². The van der Waals surface area contributed by atoms with Crippen molar-refractivity contribution < 1.29 is 49.3 Å². The molecule has 1 aliphatic rings. The Morgan fingerprint density at radius 3 is 1.63 bits per heavy atom. The molecular weight excluding hydrogens is 919 g/mol. The number of allylic oxidation sites excluding steroid dienone is 17. The summed E-state index contributed by atoms with van der Waals surface area (Å²) in [5, 5.41) is 56.7. The Balaban J connectivity index is 2.72. The lowest BCUT2D eigenvalue weighted by Gasteiger charge is -2.41. The van der Waals surface area contributed by atoms with E-state index in [9.17, 15) is 35.1 Å². The molecule has 0 radical (unpaired) electrons. The lowest BCUT2D eigenvalue weighted by atomic mass is 9.99. The molecule has 11 nitrogen and oxygen atoms in total. The van der Waals surface area contributed by atoms with Crippen LogP contribution in [0.5, 0.6) is 0 Å². The van der Waals surface area contributed by atoms with E-state index in [1.165, 1.54) is 64.2 Å². The van der Waals surface area contributed by atoms with Gasteiger partial charge in [0, 0.05) is 6.42 Å². The van der Waals surface area contributed by atoms with Crippen molar-refractivity contribution in [1.82, 2.24) is 5.32 Å². The van der Waals surface area contributed by atoms with Crippen LogP contribution >= 0.6 is 0 Å². The highest BCUT2D eigenvalue weighted by Gasteiger charge is 2.47. The summed E-state index contributed by atoms with van der Waals surface area (Å²) < 4.78 is 17.5. The number of ether oxygens (including phenoxy) is 3. The predicted octanol–water partition coefficient (Wildman–Crippen LogP) is 12.9. The highest BCUT2D eigenvalue weighted by molar-refractivity contribution is 5.80. The lowest BCUT2D eigenvalue weighted by molar-refractivity contribution is -0.305. The summed E-state index contributed by atoms with van der Waals surface area (Å²) in [7, 11) is 0. The van der Waals surface area contributed by atoms with Crippen LogP contribution in [0.4, 0.5) is 0 Å². The first-order chi connectivity index (χ1) is 35.7. The molecule has 1 heterocycles. The summed E-state index contributed by atoms with van der Waals surface area (Å²) in [5.41, 5.74) is 0. The largest absolute Gasteiger partial charge is 0.454 e. The summed E-state index contributed by atoms with van der Waals surface area (Å²) in [4.78, 5) is 26.4. The molecule has 0 aliphatic carbocycles. The summed E-state index contributed by atoms with van der Waals surface area (Å²) in [5.74, 6) is -1.27. The molecule has 8 unspecified atom stereocenters. The van der Waals surface area contributed by atoms with Crippen LogP contribution in [0.15, 0.2) is 109 Å². The van der Waals surface area contributed by atoms with Crippen molar-refractivity contribution in [3.63, 3.8) is 0 Å². The SMILES string of the molecule is CC/C=C/C=C/C=C\C=C/CCCCC(O)C(=O)NC(COC1OC(CO)C(O)C(O)C1OC(=O)CCCCCCC/C=C\C/C=C\C/C=C\C/C=C\CCCCC)C(O)/C=C/CCCCCCCCCCC. The predicted molar refractivity (Wildman–Crippen MR) is 301 cm³/mol. The molecular formula is C62H103NO10. The van der Waals surface area contributed by atoms with Crippen molar-refractivity contribution in [2.45, 2.75) is 256 Å². The Bertz CT molecular complexity index is 1600. The molecule has 1 aliphatic heterocycles.